The first-order valence-electron chi connectivity index (χ1n) is 7.41. The number of hydrogen-bond acceptors (Lipinski definition) is 7. The van der Waals surface area contributed by atoms with Gasteiger partial charge < -0.3 is 5.11 Å². The van der Waals surface area contributed by atoms with E-state index in [1.54, 1.807) is 30.2 Å². The lowest BCUT2D eigenvalue weighted by molar-refractivity contribution is -0.132. The molecule has 0 saturated heterocycles. The predicted molar refractivity (Wildman–Crippen MR) is 107 cm³/mol. The van der Waals surface area contributed by atoms with Gasteiger partial charge in [0.2, 0.25) is 0 Å². The smallest absolute Gasteiger partial charge is 0.338 e. The first-order valence-corrected chi connectivity index (χ1v) is 9.86. The lowest BCUT2D eigenvalue weighted by Crippen LogP contribution is -1.97. The quantitative estimate of drug-likeness (QED) is 0.188. The molecule has 2 rings (SSSR count). The third-order valence-corrected chi connectivity index (χ3v) is 4.79. The molecule has 140 valence electrons. The number of thioether (sulfide) groups is 2. The van der Waals surface area contributed by atoms with Crippen molar-refractivity contribution < 1.29 is 14.7 Å². The van der Waals surface area contributed by atoms with Crippen molar-refractivity contribution in [2.75, 3.05) is 12.5 Å². The van der Waals surface area contributed by atoms with E-state index in [9.17, 15) is 9.59 Å². The van der Waals surface area contributed by atoms with E-state index in [0.29, 0.717) is 11.1 Å². The predicted octanol–water partition coefficient (Wildman–Crippen LogP) is 4.46. The van der Waals surface area contributed by atoms with Crippen molar-refractivity contribution in [3.63, 3.8) is 0 Å². The third-order valence-electron chi connectivity index (χ3n) is 3.18. The summed E-state index contributed by atoms with van der Waals surface area (Å²) in [6.07, 6.45) is 10.8. The van der Waals surface area contributed by atoms with Crippen LogP contribution in [-0.4, -0.2) is 39.8 Å². The second kappa shape index (κ2) is 11.7. The van der Waals surface area contributed by atoms with Crippen molar-refractivity contribution >= 4 is 41.9 Å². The highest BCUT2D eigenvalue weighted by Gasteiger charge is 2.06. The molecule has 0 spiro atoms. The van der Waals surface area contributed by atoms with Gasteiger partial charge in [-0.25, -0.2) is 4.79 Å². The van der Waals surface area contributed by atoms with E-state index < -0.39 is 5.97 Å². The Morgan fingerprint density at radius 3 is 2.44 bits per heavy atom. The number of aromatic nitrogens is 2. The van der Waals surface area contributed by atoms with Crippen LogP contribution in [0.15, 0.2) is 51.3 Å². The summed E-state index contributed by atoms with van der Waals surface area (Å²) in [5, 5.41) is 11.9. The van der Waals surface area contributed by atoms with Crippen molar-refractivity contribution in [2.24, 2.45) is 5.11 Å². The van der Waals surface area contributed by atoms with E-state index in [-0.39, 0.29) is 5.70 Å². The zero-order valence-corrected chi connectivity index (χ0v) is 16.5. The van der Waals surface area contributed by atoms with Crippen LogP contribution in [0.2, 0.25) is 0 Å². The van der Waals surface area contributed by atoms with Crippen LogP contribution in [0.5, 0.6) is 0 Å². The second-order valence-electron chi connectivity index (χ2n) is 4.77. The summed E-state index contributed by atoms with van der Waals surface area (Å²) in [5.41, 5.74) is 9.98. The number of aliphatic carboxylic acids is 1. The average molecular weight is 403 g/mol. The van der Waals surface area contributed by atoms with Gasteiger partial charge in [0.25, 0.3) is 0 Å². The van der Waals surface area contributed by atoms with Gasteiger partial charge in [-0.3, -0.25) is 14.8 Å². The number of azide groups is 1. The molecule has 2 heterocycles. The Morgan fingerprint density at radius 1 is 1.26 bits per heavy atom. The van der Waals surface area contributed by atoms with Crippen LogP contribution < -0.4 is 0 Å². The highest BCUT2D eigenvalue weighted by atomic mass is 32.2. The summed E-state index contributed by atoms with van der Waals surface area (Å²) in [6.45, 7) is 1.84. The molecule has 2 aromatic rings. The first kappa shape index (κ1) is 22.2. The standard InChI is InChI=1S/C9H8N4O2S.C8H9NOS/c1-16-8-2-3-11-5-6(8)4-7(9(14)15)12-13-10;1-6-7(5-10)8(11-2)3-4-9-6/h2-5H,1H3,(H,14,15);3-5H,1-2H3/b7-4-;. The molecular weight excluding hydrogens is 386 g/mol. The van der Waals surface area contributed by atoms with Crippen molar-refractivity contribution in [2.45, 2.75) is 16.7 Å². The normalized spacial score (nSPS) is 10.3. The van der Waals surface area contributed by atoms with Gasteiger partial charge in [-0.1, -0.05) is 5.11 Å². The molecule has 8 nitrogen and oxygen atoms in total. The Labute approximate surface area is 164 Å². The molecule has 0 unspecified atom stereocenters. The lowest BCUT2D eigenvalue weighted by Gasteiger charge is -2.01. The SMILES string of the molecule is CSc1ccnc(C)c1C=O.CSc1ccncc1/C=C(\N=[N+]=[N-])C(=O)O. The maximum atomic E-state index is 10.7. The summed E-state index contributed by atoms with van der Waals surface area (Å²) in [7, 11) is 0. The van der Waals surface area contributed by atoms with Crippen LogP contribution in [-0.2, 0) is 4.79 Å². The van der Waals surface area contributed by atoms with Gasteiger partial charge in [0.15, 0.2) is 6.29 Å². The van der Waals surface area contributed by atoms with E-state index in [4.69, 9.17) is 10.6 Å². The van der Waals surface area contributed by atoms with E-state index in [1.807, 2.05) is 25.5 Å². The molecule has 0 aliphatic rings. The molecule has 0 radical (unpaired) electrons. The molecule has 1 N–H and O–H groups in total. The minimum absolute atomic E-state index is 0.356. The number of carboxylic acid groups (broad SMARTS) is 1. The molecule has 0 atom stereocenters. The number of carbonyl (C=O) groups is 2. The van der Waals surface area contributed by atoms with Gasteiger partial charge in [0, 0.05) is 50.1 Å². The zero-order chi connectivity index (χ0) is 20.2. The highest BCUT2D eigenvalue weighted by Crippen LogP contribution is 2.21. The Morgan fingerprint density at radius 2 is 1.93 bits per heavy atom. The van der Waals surface area contributed by atoms with Crippen molar-refractivity contribution in [1.29, 1.82) is 0 Å². The van der Waals surface area contributed by atoms with Crippen LogP contribution in [0, 0.1) is 6.92 Å². The van der Waals surface area contributed by atoms with Gasteiger partial charge in [-0.05, 0) is 43.2 Å². The fraction of sp³-hybridized carbons (Fsp3) is 0.176. The fourth-order valence-electron chi connectivity index (χ4n) is 1.89. The number of aldehydes is 1. The summed E-state index contributed by atoms with van der Waals surface area (Å²) in [5.74, 6) is -1.27. The minimum atomic E-state index is -1.27. The van der Waals surface area contributed by atoms with Gasteiger partial charge in [0.1, 0.15) is 5.70 Å². The molecule has 0 fully saturated rings. The molecule has 0 aromatic carbocycles. The summed E-state index contributed by atoms with van der Waals surface area (Å²) in [6, 6.07) is 3.60. The molecule has 2 aromatic heterocycles. The number of rotatable bonds is 6. The van der Waals surface area contributed by atoms with Crippen molar-refractivity contribution in [3.8, 4) is 0 Å². The molecule has 27 heavy (non-hydrogen) atoms. The van der Waals surface area contributed by atoms with Crippen LogP contribution in [0.1, 0.15) is 21.6 Å². The number of carboxylic acids is 1. The summed E-state index contributed by atoms with van der Waals surface area (Å²) >= 11 is 3.02. The number of carbonyl (C=O) groups excluding carboxylic acids is 1. The Balaban J connectivity index is 0.000000289. The first-order chi connectivity index (χ1) is 13.0. The summed E-state index contributed by atoms with van der Waals surface area (Å²) in [4.78, 5) is 33.5. The number of pyridine rings is 2. The van der Waals surface area contributed by atoms with Gasteiger partial charge in [-0.15, -0.1) is 23.5 Å². The number of aryl methyl sites for hydroxylation is 1. The Kier molecular flexibility index (Phi) is 9.66. The maximum absolute atomic E-state index is 10.7. The van der Waals surface area contributed by atoms with Crippen LogP contribution in [0.4, 0.5) is 0 Å². The Hall–Kier alpha value is -2.81. The Bertz CT molecular complexity index is 892. The highest BCUT2D eigenvalue weighted by molar-refractivity contribution is 7.98. The van der Waals surface area contributed by atoms with Gasteiger partial charge in [0.05, 0.1) is 0 Å². The average Bonchev–Trinajstić information content (AvgIpc) is 2.68. The molecule has 10 heteroatoms. The van der Waals surface area contributed by atoms with Crippen LogP contribution in [0.3, 0.4) is 0 Å². The van der Waals surface area contributed by atoms with Crippen LogP contribution >= 0.6 is 23.5 Å². The van der Waals surface area contributed by atoms with Gasteiger partial charge >= 0.3 is 5.97 Å². The molecule has 0 saturated carbocycles. The van der Waals surface area contributed by atoms with Crippen molar-refractivity contribution in [3.05, 3.63) is 63.7 Å². The van der Waals surface area contributed by atoms with E-state index in [0.717, 1.165) is 21.8 Å². The summed E-state index contributed by atoms with van der Waals surface area (Å²) < 4.78 is 0. The van der Waals surface area contributed by atoms with E-state index in [1.165, 1.54) is 24.0 Å². The van der Waals surface area contributed by atoms with Gasteiger partial charge in [-0.2, -0.15) is 0 Å². The second-order valence-corrected chi connectivity index (χ2v) is 6.47. The van der Waals surface area contributed by atoms with E-state index >= 15 is 0 Å². The molecule has 0 amide bonds. The van der Waals surface area contributed by atoms with E-state index in [2.05, 4.69) is 20.0 Å². The van der Waals surface area contributed by atoms with Crippen LogP contribution in [0.25, 0.3) is 16.5 Å². The monoisotopic (exact) mass is 403 g/mol. The number of hydrogen-bond donors (Lipinski definition) is 1. The molecule has 0 bridgehead atoms. The number of nitrogens with zero attached hydrogens (tertiary/aromatic N) is 5. The largest absolute Gasteiger partial charge is 0.478 e. The maximum Gasteiger partial charge on any atom is 0.338 e. The minimum Gasteiger partial charge on any atom is -0.478 e. The fourth-order valence-corrected chi connectivity index (χ4v) is 3.05. The van der Waals surface area contributed by atoms with Crippen molar-refractivity contribution in [1.82, 2.24) is 9.97 Å². The lowest BCUT2D eigenvalue weighted by atomic mass is 10.2. The molecule has 0 aliphatic carbocycles. The molecular formula is C17H17N5O3S2. The topological polar surface area (TPSA) is 129 Å². The third kappa shape index (κ3) is 6.78. The molecule has 0 aliphatic heterocycles. The zero-order valence-electron chi connectivity index (χ0n) is 14.9.